The Labute approximate surface area is 140 Å². The molecular formula is C19H20FN3O. The Bertz CT molecular complexity index is 771. The maximum atomic E-state index is 13.0. The van der Waals surface area contributed by atoms with Crippen molar-refractivity contribution in [3.05, 3.63) is 83.9 Å². The fourth-order valence-corrected chi connectivity index (χ4v) is 2.51. The van der Waals surface area contributed by atoms with Crippen molar-refractivity contribution in [2.45, 2.75) is 25.6 Å². The number of aliphatic hydroxyl groups is 1. The standard InChI is InChI=1S/C19H20FN3O/c1-14(19(24)16-7-9-17(20)10-8-16)21-11-15-12-22-23(13-15)18-5-3-2-4-6-18/h2-10,12-14,19,21,24H,11H2,1H3. The van der Waals surface area contributed by atoms with Gasteiger partial charge in [-0.3, -0.25) is 0 Å². The molecule has 2 unspecified atom stereocenters. The van der Waals surface area contributed by atoms with Crippen LogP contribution in [-0.4, -0.2) is 20.9 Å². The third-order valence-electron chi connectivity index (χ3n) is 3.97. The molecule has 2 aromatic carbocycles. The van der Waals surface area contributed by atoms with E-state index in [4.69, 9.17) is 0 Å². The van der Waals surface area contributed by atoms with Crippen LogP contribution in [0, 0.1) is 5.82 Å². The average molecular weight is 325 g/mol. The van der Waals surface area contributed by atoms with Crippen molar-refractivity contribution < 1.29 is 9.50 Å². The Balaban J connectivity index is 1.59. The minimum Gasteiger partial charge on any atom is -0.387 e. The van der Waals surface area contributed by atoms with Crippen LogP contribution in [-0.2, 0) is 6.54 Å². The van der Waals surface area contributed by atoms with Gasteiger partial charge in [0.15, 0.2) is 0 Å². The van der Waals surface area contributed by atoms with Crippen LogP contribution in [0.15, 0.2) is 67.0 Å². The minimum absolute atomic E-state index is 0.171. The summed E-state index contributed by atoms with van der Waals surface area (Å²) in [5, 5.41) is 18.0. The summed E-state index contributed by atoms with van der Waals surface area (Å²) in [4.78, 5) is 0. The summed E-state index contributed by atoms with van der Waals surface area (Å²) in [6.45, 7) is 2.49. The third-order valence-corrected chi connectivity index (χ3v) is 3.97. The lowest BCUT2D eigenvalue weighted by Crippen LogP contribution is -2.31. The van der Waals surface area contributed by atoms with Gasteiger partial charge in [-0.2, -0.15) is 5.10 Å². The van der Waals surface area contributed by atoms with Gasteiger partial charge in [0.05, 0.1) is 18.0 Å². The molecule has 0 aliphatic carbocycles. The van der Waals surface area contributed by atoms with Gasteiger partial charge >= 0.3 is 0 Å². The number of benzene rings is 2. The van der Waals surface area contributed by atoms with E-state index in [1.807, 2.05) is 48.1 Å². The molecule has 2 atom stereocenters. The molecule has 1 heterocycles. The molecule has 0 saturated carbocycles. The van der Waals surface area contributed by atoms with Crippen LogP contribution in [0.3, 0.4) is 0 Å². The van der Waals surface area contributed by atoms with Crippen LogP contribution in [0.25, 0.3) is 5.69 Å². The zero-order chi connectivity index (χ0) is 16.9. The van der Waals surface area contributed by atoms with Gasteiger partial charge < -0.3 is 10.4 Å². The highest BCUT2D eigenvalue weighted by Gasteiger charge is 2.16. The molecule has 124 valence electrons. The van der Waals surface area contributed by atoms with E-state index in [1.54, 1.807) is 18.3 Å². The Morgan fingerprint density at radius 1 is 1.12 bits per heavy atom. The van der Waals surface area contributed by atoms with Gasteiger partial charge in [-0.1, -0.05) is 30.3 Å². The van der Waals surface area contributed by atoms with E-state index in [9.17, 15) is 9.50 Å². The van der Waals surface area contributed by atoms with E-state index in [0.717, 1.165) is 11.3 Å². The molecule has 2 N–H and O–H groups in total. The van der Waals surface area contributed by atoms with Crippen LogP contribution >= 0.6 is 0 Å². The van der Waals surface area contributed by atoms with Crippen molar-refractivity contribution in [2.75, 3.05) is 0 Å². The Hall–Kier alpha value is -2.50. The second kappa shape index (κ2) is 7.38. The van der Waals surface area contributed by atoms with E-state index < -0.39 is 6.10 Å². The first-order valence-electron chi connectivity index (χ1n) is 7.89. The van der Waals surface area contributed by atoms with Gasteiger partial charge in [0.25, 0.3) is 0 Å². The predicted molar refractivity (Wildman–Crippen MR) is 91.2 cm³/mol. The molecule has 4 nitrogen and oxygen atoms in total. The molecule has 0 amide bonds. The zero-order valence-electron chi connectivity index (χ0n) is 13.4. The van der Waals surface area contributed by atoms with E-state index in [1.165, 1.54) is 12.1 Å². The molecule has 0 saturated heterocycles. The molecule has 0 aliphatic rings. The molecule has 3 rings (SSSR count). The van der Waals surface area contributed by atoms with Crippen LogP contribution in [0.2, 0.25) is 0 Å². The molecule has 0 aliphatic heterocycles. The number of rotatable bonds is 6. The average Bonchev–Trinajstić information content (AvgIpc) is 3.09. The summed E-state index contributed by atoms with van der Waals surface area (Å²) >= 11 is 0. The fourth-order valence-electron chi connectivity index (χ4n) is 2.51. The van der Waals surface area contributed by atoms with Crippen molar-refractivity contribution in [1.82, 2.24) is 15.1 Å². The molecule has 3 aromatic rings. The highest BCUT2D eigenvalue weighted by atomic mass is 19.1. The summed E-state index contributed by atoms with van der Waals surface area (Å²) < 4.78 is 14.8. The fraction of sp³-hybridized carbons (Fsp3) is 0.211. The Morgan fingerprint density at radius 2 is 1.83 bits per heavy atom. The number of nitrogens with zero attached hydrogens (tertiary/aromatic N) is 2. The van der Waals surface area contributed by atoms with Crippen LogP contribution in [0.1, 0.15) is 24.2 Å². The Morgan fingerprint density at radius 3 is 2.54 bits per heavy atom. The summed E-state index contributed by atoms with van der Waals surface area (Å²) in [7, 11) is 0. The third kappa shape index (κ3) is 3.88. The number of para-hydroxylation sites is 1. The number of hydrogen-bond donors (Lipinski definition) is 2. The maximum absolute atomic E-state index is 13.0. The van der Waals surface area contributed by atoms with Crippen LogP contribution in [0.5, 0.6) is 0 Å². The normalized spacial score (nSPS) is 13.6. The molecule has 0 bridgehead atoms. The molecular weight excluding hydrogens is 305 g/mol. The first-order valence-corrected chi connectivity index (χ1v) is 7.89. The van der Waals surface area contributed by atoms with Gasteiger partial charge in [0.2, 0.25) is 0 Å². The largest absolute Gasteiger partial charge is 0.387 e. The highest BCUT2D eigenvalue weighted by molar-refractivity contribution is 5.30. The maximum Gasteiger partial charge on any atom is 0.123 e. The number of nitrogens with one attached hydrogen (secondary N) is 1. The second-order valence-electron chi connectivity index (χ2n) is 5.79. The molecule has 24 heavy (non-hydrogen) atoms. The van der Waals surface area contributed by atoms with Gasteiger partial charge in [0.1, 0.15) is 5.82 Å². The highest BCUT2D eigenvalue weighted by Crippen LogP contribution is 2.17. The van der Waals surface area contributed by atoms with Crippen molar-refractivity contribution in [3.63, 3.8) is 0 Å². The lowest BCUT2D eigenvalue weighted by atomic mass is 10.0. The van der Waals surface area contributed by atoms with Gasteiger partial charge in [-0.15, -0.1) is 0 Å². The smallest absolute Gasteiger partial charge is 0.123 e. The quantitative estimate of drug-likeness (QED) is 0.731. The van der Waals surface area contributed by atoms with Crippen molar-refractivity contribution in [1.29, 1.82) is 0 Å². The molecule has 0 radical (unpaired) electrons. The van der Waals surface area contributed by atoms with E-state index in [2.05, 4.69) is 10.4 Å². The number of aliphatic hydroxyl groups excluding tert-OH is 1. The first-order chi connectivity index (χ1) is 11.6. The molecule has 0 spiro atoms. The lowest BCUT2D eigenvalue weighted by Gasteiger charge is -2.20. The molecule has 0 fully saturated rings. The SMILES string of the molecule is CC(NCc1cnn(-c2ccccc2)c1)C(O)c1ccc(F)cc1. The van der Waals surface area contributed by atoms with E-state index in [-0.39, 0.29) is 11.9 Å². The van der Waals surface area contributed by atoms with Crippen molar-refractivity contribution in [2.24, 2.45) is 0 Å². The molecule has 5 heteroatoms. The van der Waals surface area contributed by atoms with Crippen LogP contribution < -0.4 is 5.32 Å². The van der Waals surface area contributed by atoms with Crippen molar-refractivity contribution in [3.8, 4) is 5.69 Å². The van der Waals surface area contributed by atoms with Gasteiger partial charge in [-0.05, 0) is 36.8 Å². The zero-order valence-corrected chi connectivity index (χ0v) is 13.4. The summed E-state index contributed by atoms with van der Waals surface area (Å²) in [6, 6.07) is 15.6. The predicted octanol–water partition coefficient (Wildman–Crippen LogP) is 3.22. The topological polar surface area (TPSA) is 50.1 Å². The minimum atomic E-state index is -0.699. The van der Waals surface area contributed by atoms with Gasteiger partial charge in [-0.25, -0.2) is 9.07 Å². The monoisotopic (exact) mass is 325 g/mol. The summed E-state index contributed by atoms with van der Waals surface area (Å²) in [5.41, 5.74) is 2.72. The van der Waals surface area contributed by atoms with E-state index in [0.29, 0.717) is 12.1 Å². The lowest BCUT2D eigenvalue weighted by molar-refractivity contribution is 0.135. The second-order valence-corrected chi connectivity index (χ2v) is 5.79. The first kappa shape index (κ1) is 16.4. The molecule has 1 aromatic heterocycles. The van der Waals surface area contributed by atoms with Crippen molar-refractivity contribution >= 4 is 0 Å². The summed E-state index contributed by atoms with van der Waals surface area (Å²) in [5.74, 6) is -0.306. The summed E-state index contributed by atoms with van der Waals surface area (Å²) in [6.07, 6.45) is 3.06. The van der Waals surface area contributed by atoms with Gasteiger partial charge in [0, 0.05) is 24.3 Å². The Kier molecular flexibility index (Phi) is 5.03. The van der Waals surface area contributed by atoms with Crippen LogP contribution in [0.4, 0.5) is 4.39 Å². The van der Waals surface area contributed by atoms with E-state index >= 15 is 0 Å². The number of hydrogen-bond acceptors (Lipinski definition) is 3. The number of aromatic nitrogens is 2. The number of halogens is 1.